The number of aromatic nitrogens is 1. The van der Waals surface area contributed by atoms with Crippen molar-refractivity contribution >= 4 is 40.9 Å². The second kappa shape index (κ2) is 7.84. The molecular weight excluding hydrogens is 295 g/mol. The molecule has 1 atom stereocenters. The van der Waals surface area contributed by atoms with E-state index in [1.807, 2.05) is 6.07 Å². The van der Waals surface area contributed by atoms with Gasteiger partial charge in [0, 0.05) is 5.75 Å². The van der Waals surface area contributed by atoms with E-state index in [1.165, 1.54) is 7.11 Å². The van der Waals surface area contributed by atoms with Crippen LogP contribution in [0.1, 0.15) is 12.0 Å². The van der Waals surface area contributed by atoms with Gasteiger partial charge >= 0.3 is 5.97 Å². The molecule has 0 radical (unpaired) electrons. The van der Waals surface area contributed by atoms with Crippen molar-refractivity contribution in [3.05, 3.63) is 28.0 Å². The fourth-order valence-electron chi connectivity index (χ4n) is 1.21. The number of methoxy groups -OCH3 is 1. The number of carbonyl (C=O) groups excluding carboxylic acids is 1. The lowest BCUT2D eigenvalue weighted by Crippen LogP contribution is -2.31. The number of thioether (sulfide) groups is 1. The summed E-state index contributed by atoms with van der Waals surface area (Å²) >= 11 is 13.3. The number of nitrogens with zero attached hydrogens (tertiary/aromatic N) is 1. The number of carbonyl (C=O) groups is 1. The lowest BCUT2D eigenvalue weighted by Gasteiger charge is -2.08. The molecule has 0 aliphatic rings. The second-order valence-electron chi connectivity index (χ2n) is 3.55. The van der Waals surface area contributed by atoms with E-state index in [9.17, 15) is 4.79 Å². The smallest absolute Gasteiger partial charge is 0.322 e. The summed E-state index contributed by atoms with van der Waals surface area (Å²) in [6, 6.07) is 2.97. The molecule has 0 aliphatic heterocycles. The van der Waals surface area contributed by atoms with Gasteiger partial charge in [0.1, 0.15) is 16.3 Å². The summed E-state index contributed by atoms with van der Waals surface area (Å²) in [5, 5.41) is 0.786. The highest BCUT2D eigenvalue weighted by Gasteiger charge is 2.13. The number of nitrogens with two attached hydrogens (primary N) is 1. The quantitative estimate of drug-likeness (QED) is 0.497. The van der Waals surface area contributed by atoms with Crippen LogP contribution < -0.4 is 5.73 Å². The van der Waals surface area contributed by atoms with Crippen molar-refractivity contribution in [2.45, 2.75) is 18.2 Å². The highest BCUT2D eigenvalue weighted by atomic mass is 35.5. The van der Waals surface area contributed by atoms with Crippen molar-refractivity contribution in [1.82, 2.24) is 4.98 Å². The fraction of sp³-hybridized carbons (Fsp3) is 0.455. The zero-order chi connectivity index (χ0) is 13.5. The number of pyridine rings is 1. The van der Waals surface area contributed by atoms with E-state index in [0.717, 1.165) is 11.3 Å². The Morgan fingerprint density at radius 1 is 1.56 bits per heavy atom. The summed E-state index contributed by atoms with van der Waals surface area (Å²) in [5.74, 6) is 1.06. The maximum Gasteiger partial charge on any atom is 0.322 e. The second-order valence-corrected chi connectivity index (χ2v) is 5.41. The van der Waals surface area contributed by atoms with E-state index in [1.54, 1.807) is 17.8 Å². The Hall–Kier alpha value is -0.490. The first-order valence-corrected chi connectivity index (χ1v) is 7.17. The Balaban J connectivity index is 2.32. The minimum absolute atomic E-state index is 0.376. The molecule has 1 heterocycles. The normalized spacial score (nSPS) is 12.2. The third-order valence-electron chi connectivity index (χ3n) is 2.23. The molecule has 1 unspecified atom stereocenters. The van der Waals surface area contributed by atoms with E-state index in [4.69, 9.17) is 28.9 Å². The van der Waals surface area contributed by atoms with Gasteiger partial charge in [-0.2, -0.15) is 11.8 Å². The van der Waals surface area contributed by atoms with Crippen LogP contribution in [0.5, 0.6) is 0 Å². The van der Waals surface area contributed by atoms with Crippen LogP contribution in [0.2, 0.25) is 10.3 Å². The molecule has 1 aromatic heterocycles. The van der Waals surface area contributed by atoms with Gasteiger partial charge in [0.15, 0.2) is 0 Å². The molecule has 0 aliphatic carbocycles. The van der Waals surface area contributed by atoms with Crippen molar-refractivity contribution in [2.24, 2.45) is 5.73 Å². The van der Waals surface area contributed by atoms with Gasteiger partial charge in [-0.25, -0.2) is 4.98 Å². The van der Waals surface area contributed by atoms with Crippen LogP contribution in [-0.4, -0.2) is 29.9 Å². The molecule has 1 rings (SSSR count). The number of ether oxygens (including phenoxy) is 1. The summed E-state index contributed by atoms with van der Waals surface area (Å²) < 4.78 is 4.54. The molecule has 0 spiro atoms. The minimum Gasteiger partial charge on any atom is -0.468 e. The molecule has 2 N–H and O–H groups in total. The van der Waals surface area contributed by atoms with Gasteiger partial charge in [-0.1, -0.05) is 29.3 Å². The highest BCUT2D eigenvalue weighted by Crippen LogP contribution is 2.22. The van der Waals surface area contributed by atoms with Crippen LogP contribution >= 0.6 is 35.0 Å². The monoisotopic (exact) mass is 308 g/mol. The molecule has 4 nitrogen and oxygen atoms in total. The van der Waals surface area contributed by atoms with Gasteiger partial charge in [-0.3, -0.25) is 4.79 Å². The van der Waals surface area contributed by atoms with E-state index in [2.05, 4.69) is 9.72 Å². The average Bonchev–Trinajstić information content (AvgIpc) is 2.35. The van der Waals surface area contributed by atoms with Gasteiger partial charge in [0.05, 0.1) is 7.11 Å². The number of esters is 1. The third kappa shape index (κ3) is 5.02. The summed E-state index contributed by atoms with van der Waals surface area (Å²) in [6.45, 7) is 0. The number of halogens is 2. The first kappa shape index (κ1) is 15.6. The molecule has 7 heteroatoms. The predicted octanol–water partition coefficient (Wildman–Crippen LogP) is 2.51. The van der Waals surface area contributed by atoms with Crippen LogP contribution in [0, 0.1) is 0 Å². The third-order valence-corrected chi connectivity index (χ3v) is 3.80. The fourth-order valence-corrected chi connectivity index (χ4v) is 2.72. The maximum atomic E-state index is 11.1. The Morgan fingerprint density at radius 3 is 2.89 bits per heavy atom. The molecule has 0 saturated heterocycles. The van der Waals surface area contributed by atoms with Gasteiger partial charge in [0.2, 0.25) is 0 Å². The van der Waals surface area contributed by atoms with Crippen molar-refractivity contribution in [3.8, 4) is 0 Å². The van der Waals surface area contributed by atoms with Crippen LogP contribution in [0.3, 0.4) is 0 Å². The molecule has 100 valence electrons. The SMILES string of the molecule is COC(=O)C(N)CCSCc1ccc(Cl)nc1Cl. The Bertz CT molecular complexity index is 418. The molecule has 0 fully saturated rings. The highest BCUT2D eigenvalue weighted by molar-refractivity contribution is 7.98. The van der Waals surface area contributed by atoms with Crippen LogP contribution in [0.4, 0.5) is 0 Å². The van der Waals surface area contributed by atoms with Gasteiger partial charge in [-0.15, -0.1) is 0 Å². The molecule has 0 aromatic carbocycles. The predicted molar refractivity (Wildman–Crippen MR) is 75.0 cm³/mol. The van der Waals surface area contributed by atoms with Crippen molar-refractivity contribution in [3.63, 3.8) is 0 Å². The molecule has 1 aromatic rings. The standard InChI is InChI=1S/C11H14Cl2N2O2S/c1-17-11(16)8(14)4-5-18-6-7-2-3-9(12)15-10(7)13/h2-3,8H,4-6,14H2,1H3. The zero-order valence-electron chi connectivity index (χ0n) is 9.86. The first-order valence-electron chi connectivity index (χ1n) is 5.26. The van der Waals surface area contributed by atoms with Gasteiger partial charge in [-0.05, 0) is 23.8 Å². The molecule has 0 bridgehead atoms. The maximum absolute atomic E-state index is 11.1. The molecule has 0 saturated carbocycles. The summed E-state index contributed by atoms with van der Waals surface area (Å²) in [7, 11) is 1.33. The number of rotatable bonds is 6. The molecular formula is C11H14Cl2N2O2S. The van der Waals surface area contributed by atoms with E-state index in [0.29, 0.717) is 22.5 Å². The number of hydrogen-bond acceptors (Lipinski definition) is 5. The molecule has 0 amide bonds. The number of hydrogen-bond donors (Lipinski definition) is 1. The van der Waals surface area contributed by atoms with Crippen LogP contribution in [-0.2, 0) is 15.3 Å². The Kier molecular flexibility index (Phi) is 6.78. The zero-order valence-corrected chi connectivity index (χ0v) is 12.2. The summed E-state index contributed by atoms with van der Waals surface area (Å²) in [4.78, 5) is 15.0. The van der Waals surface area contributed by atoms with E-state index in [-0.39, 0.29) is 5.97 Å². The summed E-state index contributed by atoms with van der Waals surface area (Å²) in [6.07, 6.45) is 0.565. The van der Waals surface area contributed by atoms with E-state index >= 15 is 0 Å². The van der Waals surface area contributed by atoms with Gasteiger partial charge in [0.25, 0.3) is 0 Å². The van der Waals surface area contributed by atoms with Crippen LogP contribution in [0.25, 0.3) is 0 Å². The largest absolute Gasteiger partial charge is 0.468 e. The lowest BCUT2D eigenvalue weighted by atomic mass is 10.2. The Morgan fingerprint density at radius 2 is 2.28 bits per heavy atom. The average molecular weight is 309 g/mol. The topological polar surface area (TPSA) is 65.2 Å². The molecule has 18 heavy (non-hydrogen) atoms. The Labute approximate surface area is 120 Å². The minimum atomic E-state index is -0.568. The lowest BCUT2D eigenvalue weighted by molar-refractivity contribution is -0.142. The van der Waals surface area contributed by atoms with Crippen molar-refractivity contribution < 1.29 is 9.53 Å². The van der Waals surface area contributed by atoms with Crippen LogP contribution in [0.15, 0.2) is 12.1 Å². The first-order chi connectivity index (χ1) is 8.54. The summed E-state index contributed by atoms with van der Waals surface area (Å²) in [5.41, 5.74) is 6.53. The van der Waals surface area contributed by atoms with Crippen molar-refractivity contribution in [1.29, 1.82) is 0 Å². The van der Waals surface area contributed by atoms with Gasteiger partial charge < -0.3 is 10.5 Å². The van der Waals surface area contributed by atoms with E-state index < -0.39 is 6.04 Å². The van der Waals surface area contributed by atoms with Crippen molar-refractivity contribution in [2.75, 3.05) is 12.9 Å².